The molecule has 2 saturated heterocycles. The summed E-state index contributed by atoms with van der Waals surface area (Å²) < 4.78 is 0. The van der Waals surface area contributed by atoms with Crippen LogP contribution in [0.25, 0.3) is 0 Å². The number of carboxylic acid groups (broad SMARTS) is 1. The van der Waals surface area contributed by atoms with Gasteiger partial charge in [0.1, 0.15) is 0 Å². The largest absolute Gasteiger partial charge is 0.481 e. The maximum Gasteiger partial charge on any atom is 0.317 e. The van der Waals surface area contributed by atoms with Gasteiger partial charge in [0.25, 0.3) is 0 Å². The Morgan fingerprint density at radius 2 is 2.35 bits per heavy atom. The van der Waals surface area contributed by atoms with Gasteiger partial charge in [-0.05, 0) is 13.3 Å². The smallest absolute Gasteiger partial charge is 0.317 e. The SMILES string of the molecule is CC(CCC(=O)O)N1CCN2C(=O)NCC2C1. The number of nitrogens with one attached hydrogen (secondary N) is 1. The number of aliphatic carboxylic acids is 1. The first kappa shape index (κ1) is 12.2. The number of rotatable bonds is 4. The minimum Gasteiger partial charge on any atom is -0.481 e. The van der Waals surface area contributed by atoms with Gasteiger partial charge in [0.15, 0.2) is 0 Å². The van der Waals surface area contributed by atoms with E-state index in [4.69, 9.17) is 5.11 Å². The number of carbonyl (C=O) groups is 2. The van der Waals surface area contributed by atoms with Crippen molar-refractivity contribution in [1.82, 2.24) is 15.1 Å². The van der Waals surface area contributed by atoms with Crippen LogP contribution in [0.15, 0.2) is 0 Å². The second-order valence-corrected chi connectivity index (χ2v) is 4.81. The molecule has 0 aromatic rings. The molecule has 96 valence electrons. The number of fused-ring (bicyclic) bond motifs is 1. The van der Waals surface area contributed by atoms with Crippen LogP contribution in [0.2, 0.25) is 0 Å². The molecule has 6 nitrogen and oxygen atoms in total. The number of urea groups is 1. The molecule has 2 unspecified atom stereocenters. The Kier molecular flexibility index (Phi) is 3.51. The van der Waals surface area contributed by atoms with Gasteiger partial charge >= 0.3 is 12.0 Å². The zero-order chi connectivity index (χ0) is 12.4. The second kappa shape index (κ2) is 4.91. The van der Waals surface area contributed by atoms with Crippen molar-refractivity contribution in [3.63, 3.8) is 0 Å². The lowest BCUT2D eigenvalue weighted by atomic mass is 10.1. The zero-order valence-electron chi connectivity index (χ0n) is 10.1. The van der Waals surface area contributed by atoms with Crippen molar-refractivity contribution < 1.29 is 14.7 Å². The third kappa shape index (κ3) is 2.69. The molecule has 2 aliphatic heterocycles. The summed E-state index contributed by atoms with van der Waals surface area (Å²) in [6.07, 6.45) is 0.882. The van der Waals surface area contributed by atoms with Gasteiger partial charge in [-0.3, -0.25) is 9.69 Å². The first-order chi connectivity index (χ1) is 8.08. The Hall–Kier alpha value is -1.30. The molecule has 2 atom stereocenters. The Balaban J connectivity index is 1.84. The molecule has 2 N–H and O–H groups in total. The highest BCUT2D eigenvalue weighted by Gasteiger charge is 2.36. The summed E-state index contributed by atoms with van der Waals surface area (Å²) in [5, 5.41) is 11.5. The lowest BCUT2D eigenvalue weighted by Gasteiger charge is -2.39. The van der Waals surface area contributed by atoms with E-state index in [1.807, 2.05) is 4.90 Å². The van der Waals surface area contributed by atoms with Crippen LogP contribution in [0.3, 0.4) is 0 Å². The number of carboxylic acids is 1. The third-order valence-electron chi connectivity index (χ3n) is 3.66. The third-order valence-corrected chi connectivity index (χ3v) is 3.66. The maximum atomic E-state index is 11.4. The fraction of sp³-hybridized carbons (Fsp3) is 0.818. The average molecular weight is 241 g/mol. The molecule has 2 aliphatic rings. The van der Waals surface area contributed by atoms with Crippen LogP contribution in [0.5, 0.6) is 0 Å². The first-order valence-electron chi connectivity index (χ1n) is 6.08. The quantitative estimate of drug-likeness (QED) is 0.723. The predicted octanol–water partition coefficient (Wildman–Crippen LogP) is -0.0509. The fourth-order valence-electron chi connectivity index (χ4n) is 2.54. The Morgan fingerprint density at radius 1 is 1.59 bits per heavy atom. The Morgan fingerprint density at radius 3 is 3.06 bits per heavy atom. The van der Waals surface area contributed by atoms with Gasteiger partial charge in [-0.2, -0.15) is 0 Å². The summed E-state index contributed by atoms with van der Waals surface area (Å²) in [5.41, 5.74) is 0. The highest BCUT2D eigenvalue weighted by Crippen LogP contribution is 2.17. The van der Waals surface area contributed by atoms with Gasteiger partial charge in [-0.15, -0.1) is 0 Å². The molecule has 17 heavy (non-hydrogen) atoms. The van der Waals surface area contributed by atoms with Crippen LogP contribution >= 0.6 is 0 Å². The number of carbonyl (C=O) groups excluding carboxylic acids is 1. The molecule has 6 heteroatoms. The topological polar surface area (TPSA) is 72.9 Å². The molecule has 0 spiro atoms. The predicted molar refractivity (Wildman–Crippen MR) is 61.8 cm³/mol. The normalized spacial score (nSPS) is 26.5. The first-order valence-corrected chi connectivity index (χ1v) is 6.08. The summed E-state index contributed by atoms with van der Waals surface area (Å²) in [6, 6.07) is 0.556. The minimum absolute atomic E-state index is 0.0350. The molecule has 2 amide bonds. The van der Waals surface area contributed by atoms with Gasteiger partial charge in [-0.1, -0.05) is 0 Å². The fourth-order valence-corrected chi connectivity index (χ4v) is 2.54. The van der Waals surface area contributed by atoms with E-state index in [9.17, 15) is 9.59 Å². The van der Waals surface area contributed by atoms with E-state index in [-0.39, 0.29) is 24.5 Å². The van der Waals surface area contributed by atoms with Crippen molar-refractivity contribution in [2.45, 2.75) is 31.8 Å². The van der Waals surface area contributed by atoms with Crippen LogP contribution in [0.1, 0.15) is 19.8 Å². The molecule has 0 radical (unpaired) electrons. The van der Waals surface area contributed by atoms with Crippen LogP contribution < -0.4 is 5.32 Å². The zero-order valence-corrected chi connectivity index (χ0v) is 10.1. The number of nitrogens with zero attached hydrogens (tertiary/aromatic N) is 2. The van der Waals surface area contributed by atoms with Crippen molar-refractivity contribution in [2.24, 2.45) is 0 Å². The van der Waals surface area contributed by atoms with Crippen LogP contribution in [-0.2, 0) is 4.79 Å². The number of piperazine rings is 1. The van der Waals surface area contributed by atoms with Crippen LogP contribution in [-0.4, -0.2) is 65.2 Å². The summed E-state index contributed by atoms with van der Waals surface area (Å²) in [6.45, 7) is 5.20. The average Bonchev–Trinajstić information content (AvgIpc) is 2.67. The summed E-state index contributed by atoms with van der Waals surface area (Å²) >= 11 is 0. The molecule has 0 aliphatic carbocycles. The lowest BCUT2D eigenvalue weighted by molar-refractivity contribution is -0.137. The number of hydrogen-bond acceptors (Lipinski definition) is 3. The number of amides is 2. The van der Waals surface area contributed by atoms with Gasteiger partial charge < -0.3 is 15.3 Å². The van der Waals surface area contributed by atoms with Gasteiger partial charge in [-0.25, -0.2) is 4.79 Å². The van der Waals surface area contributed by atoms with E-state index in [1.54, 1.807) is 0 Å². The van der Waals surface area contributed by atoms with Crippen LogP contribution in [0.4, 0.5) is 4.79 Å². The van der Waals surface area contributed by atoms with E-state index < -0.39 is 5.97 Å². The molecule has 2 rings (SSSR count). The van der Waals surface area contributed by atoms with Gasteiger partial charge in [0.2, 0.25) is 0 Å². The summed E-state index contributed by atoms with van der Waals surface area (Å²) in [4.78, 5) is 26.1. The van der Waals surface area contributed by atoms with E-state index in [0.29, 0.717) is 13.0 Å². The van der Waals surface area contributed by atoms with Crippen molar-refractivity contribution in [2.75, 3.05) is 26.2 Å². The molecule has 0 bridgehead atoms. The van der Waals surface area contributed by atoms with Gasteiger partial charge in [0.05, 0.1) is 6.04 Å². The van der Waals surface area contributed by atoms with Crippen molar-refractivity contribution >= 4 is 12.0 Å². The highest BCUT2D eigenvalue weighted by molar-refractivity contribution is 5.77. The molecular weight excluding hydrogens is 222 g/mol. The van der Waals surface area contributed by atoms with Crippen molar-refractivity contribution in [3.8, 4) is 0 Å². The molecule has 0 saturated carbocycles. The Bertz CT molecular complexity index is 321. The van der Waals surface area contributed by atoms with Crippen molar-refractivity contribution in [3.05, 3.63) is 0 Å². The van der Waals surface area contributed by atoms with Gasteiger partial charge in [0, 0.05) is 38.6 Å². The van der Waals surface area contributed by atoms with E-state index >= 15 is 0 Å². The maximum absolute atomic E-state index is 11.4. The van der Waals surface area contributed by atoms with E-state index in [1.165, 1.54) is 0 Å². The molecule has 2 heterocycles. The van der Waals surface area contributed by atoms with E-state index in [0.717, 1.165) is 19.6 Å². The molecular formula is C11H19N3O3. The van der Waals surface area contributed by atoms with Crippen LogP contribution in [0, 0.1) is 0 Å². The monoisotopic (exact) mass is 241 g/mol. The van der Waals surface area contributed by atoms with E-state index in [2.05, 4.69) is 17.1 Å². The molecule has 0 aromatic carbocycles. The summed E-state index contributed by atoms with van der Waals surface area (Å²) in [7, 11) is 0. The highest BCUT2D eigenvalue weighted by atomic mass is 16.4. The lowest BCUT2D eigenvalue weighted by Crippen LogP contribution is -2.54. The minimum atomic E-state index is -0.742. The molecule has 2 fully saturated rings. The standard InChI is InChI=1S/C11H19N3O3/c1-8(2-3-10(15)16)13-4-5-14-9(7-13)6-12-11(14)17/h8-9H,2-7H2,1H3,(H,12,17)(H,15,16). The summed E-state index contributed by atoms with van der Waals surface area (Å²) in [5.74, 6) is -0.742. The Labute approximate surface area is 101 Å². The van der Waals surface area contributed by atoms with Crippen molar-refractivity contribution in [1.29, 1.82) is 0 Å². The molecule has 0 aromatic heterocycles. The number of hydrogen-bond donors (Lipinski definition) is 2. The second-order valence-electron chi connectivity index (χ2n) is 4.81.